The van der Waals surface area contributed by atoms with Crippen molar-refractivity contribution in [2.75, 3.05) is 17.2 Å². The highest BCUT2D eigenvalue weighted by molar-refractivity contribution is 6.05. The highest BCUT2D eigenvalue weighted by atomic mass is 16.5. The number of amides is 3. The zero-order valence-corrected chi connectivity index (χ0v) is 17.9. The third-order valence-corrected chi connectivity index (χ3v) is 4.63. The molecule has 0 fully saturated rings. The highest BCUT2D eigenvalue weighted by Crippen LogP contribution is 2.18. The van der Waals surface area contributed by atoms with Crippen LogP contribution in [0.5, 0.6) is 0 Å². The van der Waals surface area contributed by atoms with E-state index in [2.05, 4.69) is 26.1 Å². The lowest BCUT2D eigenvalue weighted by Crippen LogP contribution is -2.30. The predicted octanol–water partition coefficient (Wildman–Crippen LogP) is 4.51. The average Bonchev–Trinajstić information content (AvgIpc) is 3.23. The summed E-state index contributed by atoms with van der Waals surface area (Å²) in [6, 6.07) is 14.1. The second-order valence-electron chi connectivity index (χ2n) is 7.54. The van der Waals surface area contributed by atoms with E-state index in [0.717, 1.165) is 5.56 Å². The topological polar surface area (TPSA) is 109 Å². The van der Waals surface area contributed by atoms with E-state index >= 15 is 0 Å². The Kier molecular flexibility index (Phi) is 7.37. The molecule has 1 aromatic heterocycles. The van der Waals surface area contributed by atoms with E-state index in [-0.39, 0.29) is 17.9 Å². The van der Waals surface area contributed by atoms with Gasteiger partial charge in [0.05, 0.1) is 0 Å². The highest BCUT2D eigenvalue weighted by Gasteiger charge is 2.12. The molecule has 3 rings (SSSR count). The molecule has 0 saturated carbocycles. The molecule has 0 radical (unpaired) electrons. The van der Waals surface area contributed by atoms with Crippen LogP contribution in [0.15, 0.2) is 53.1 Å². The normalized spacial score (nSPS) is 10.7. The summed E-state index contributed by atoms with van der Waals surface area (Å²) in [5, 5.41) is 12.4. The van der Waals surface area contributed by atoms with Crippen LogP contribution in [0.2, 0.25) is 0 Å². The summed E-state index contributed by atoms with van der Waals surface area (Å²) in [4.78, 5) is 29.1. The average molecular weight is 422 g/mol. The summed E-state index contributed by atoms with van der Waals surface area (Å²) in [5.41, 5.74) is 2.61. The summed E-state index contributed by atoms with van der Waals surface area (Å²) in [7, 11) is 0. The van der Waals surface area contributed by atoms with Gasteiger partial charge in [-0.05, 0) is 43.2 Å². The number of nitrogens with zero attached hydrogens (tertiary/aromatic N) is 2. The number of hydrogen-bond acceptors (Lipinski definition) is 5. The van der Waals surface area contributed by atoms with Gasteiger partial charge in [0.1, 0.15) is 0 Å². The number of nitrogens with one attached hydrogen (secondary N) is 3. The first-order chi connectivity index (χ1) is 14.9. The molecule has 2 aromatic carbocycles. The van der Waals surface area contributed by atoms with Gasteiger partial charge in [0.15, 0.2) is 5.82 Å². The van der Waals surface area contributed by atoms with Gasteiger partial charge >= 0.3 is 6.03 Å². The maximum atomic E-state index is 12.5. The molecule has 162 valence electrons. The molecule has 0 unspecified atom stereocenters. The van der Waals surface area contributed by atoms with E-state index < -0.39 is 0 Å². The fourth-order valence-electron chi connectivity index (χ4n) is 2.83. The first kappa shape index (κ1) is 22.0. The summed E-state index contributed by atoms with van der Waals surface area (Å²) >= 11 is 0. The third kappa shape index (κ3) is 6.40. The van der Waals surface area contributed by atoms with Crippen molar-refractivity contribution < 1.29 is 14.1 Å². The van der Waals surface area contributed by atoms with Crippen molar-refractivity contribution in [2.24, 2.45) is 0 Å². The number of aromatic nitrogens is 2. The maximum Gasteiger partial charge on any atom is 0.319 e. The number of carbonyl (C=O) groups is 2. The minimum absolute atomic E-state index is 0.218. The van der Waals surface area contributed by atoms with Crippen LogP contribution in [0.4, 0.5) is 16.2 Å². The van der Waals surface area contributed by atoms with Crippen LogP contribution in [0.25, 0.3) is 0 Å². The Hall–Kier alpha value is -3.68. The molecule has 0 aliphatic carbocycles. The van der Waals surface area contributed by atoms with Crippen LogP contribution in [-0.2, 0) is 6.42 Å². The van der Waals surface area contributed by atoms with Gasteiger partial charge in [0, 0.05) is 35.8 Å². The maximum absolute atomic E-state index is 12.5. The Labute approximate surface area is 181 Å². The van der Waals surface area contributed by atoms with E-state index in [4.69, 9.17) is 4.52 Å². The molecule has 0 aliphatic rings. The Morgan fingerprint density at radius 1 is 1.06 bits per heavy atom. The van der Waals surface area contributed by atoms with Crippen LogP contribution in [0.3, 0.4) is 0 Å². The molecule has 0 bridgehead atoms. The standard InChI is InChI=1S/C23H27N5O3/c1-15(2)21-27-20(31-28-21)10-7-13-24-23(30)26-19-14-17(12-11-16(19)3)22(29)25-18-8-5-4-6-9-18/h4-6,8-9,11-12,14-15H,7,10,13H2,1-3H3,(H,25,29)(H2,24,26,30). The Morgan fingerprint density at radius 3 is 2.55 bits per heavy atom. The van der Waals surface area contributed by atoms with Gasteiger partial charge in [0.25, 0.3) is 5.91 Å². The van der Waals surface area contributed by atoms with Crippen molar-refractivity contribution in [1.82, 2.24) is 15.5 Å². The van der Waals surface area contributed by atoms with Gasteiger partial charge < -0.3 is 20.5 Å². The zero-order valence-electron chi connectivity index (χ0n) is 17.9. The van der Waals surface area contributed by atoms with Crippen molar-refractivity contribution in [1.29, 1.82) is 0 Å². The number of para-hydroxylation sites is 1. The fourth-order valence-corrected chi connectivity index (χ4v) is 2.83. The summed E-state index contributed by atoms with van der Waals surface area (Å²) in [5.74, 6) is 1.23. The summed E-state index contributed by atoms with van der Waals surface area (Å²) < 4.78 is 5.20. The van der Waals surface area contributed by atoms with Gasteiger partial charge in [-0.2, -0.15) is 4.98 Å². The number of urea groups is 1. The lowest BCUT2D eigenvalue weighted by Gasteiger charge is -2.12. The monoisotopic (exact) mass is 421 g/mol. The summed E-state index contributed by atoms with van der Waals surface area (Å²) in [6.45, 7) is 6.33. The summed E-state index contributed by atoms with van der Waals surface area (Å²) in [6.07, 6.45) is 1.26. The van der Waals surface area contributed by atoms with E-state index in [1.165, 1.54) is 0 Å². The van der Waals surface area contributed by atoms with Gasteiger partial charge in [-0.15, -0.1) is 0 Å². The lowest BCUT2D eigenvalue weighted by molar-refractivity contribution is 0.102. The number of carbonyl (C=O) groups excluding carboxylic acids is 2. The number of aryl methyl sites for hydroxylation is 2. The van der Waals surface area contributed by atoms with Crippen molar-refractivity contribution in [3.63, 3.8) is 0 Å². The smallest absolute Gasteiger partial charge is 0.319 e. The predicted molar refractivity (Wildman–Crippen MR) is 119 cm³/mol. The van der Waals surface area contributed by atoms with Crippen molar-refractivity contribution >= 4 is 23.3 Å². The Balaban J connectivity index is 1.49. The van der Waals surface area contributed by atoms with Crippen LogP contribution in [0, 0.1) is 6.92 Å². The second kappa shape index (κ2) is 10.4. The number of benzene rings is 2. The Bertz CT molecular complexity index is 1030. The third-order valence-electron chi connectivity index (χ3n) is 4.63. The van der Waals surface area contributed by atoms with Crippen LogP contribution < -0.4 is 16.0 Å². The van der Waals surface area contributed by atoms with Gasteiger partial charge in [0.2, 0.25) is 5.89 Å². The van der Waals surface area contributed by atoms with Crippen LogP contribution >= 0.6 is 0 Å². The molecule has 0 aliphatic heterocycles. The first-order valence-electron chi connectivity index (χ1n) is 10.3. The minimum Gasteiger partial charge on any atom is -0.339 e. The Morgan fingerprint density at radius 2 is 1.84 bits per heavy atom. The molecule has 1 heterocycles. The van der Waals surface area contributed by atoms with E-state index in [9.17, 15) is 9.59 Å². The van der Waals surface area contributed by atoms with Crippen LogP contribution in [-0.4, -0.2) is 28.6 Å². The van der Waals surface area contributed by atoms with Crippen molar-refractivity contribution in [2.45, 2.75) is 39.5 Å². The second-order valence-corrected chi connectivity index (χ2v) is 7.54. The molecule has 0 atom stereocenters. The molecule has 3 amide bonds. The number of rotatable bonds is 8. The fraction of sp³-hybridized carbons (Fsp3) is 0.304. The lowest BCUT2D eigenvalue weighted by atomic mass is 10.1. The van der Waals surface area contributed by atoms with Crippen molar-refractivity contribution in [3.05, 3.63) is 71.4 Å². The molecule has 31 heavy (non-hydrogen) atoms. The molecule has 3 aromatic rings. The van der Waals surface area contributed by atoms with Gasteiger partial charge in [-0.25, -0.2) is 4.79 Å². The van der Waals surface area contributed by atoms with Gasteiger partial charge in [-0.3, -0.25) is 4.79 Å². The van der Waals surface area contributed by atoms with Crippen molar-refractivity contribution in [3.8, 4) is 0 Å². The largest absolute Gasteiger partial charge is 0.339 e. The molecular weight excluding hydrogens is 394 g/mol. The SMILES string of the molecule is Cc1ccc(C(=O)Nc2ccccc2)cc1NC(=O)NCCCc1nc(C(C)C)no1. The van der Waals surface area contributed by atoms with E-state index in [0.29, 0.717) is 48.0 Å². The quantitative estimate of drug-likeness (QED) is 0.464. The first-order valence-corrected chi connectivity index (χ1v) is 10.3. The molecule has 8 nitrogen and oxygen atoms in total. The molecule has 0 saturated heterocycles. The van der Waals surface area contributed by atoms with E-state index in [1.807, 2.05) is 51.1 Å². The number of hydrogen-bond donors (Lipinski definition) is 3. The molecule has 0 spiro atoms. The number of anilines is 2. The van der Waals surface area contributed by atoms with Crippen LogP contribution in [0.1, 0.15) is 53.8 Å². The van der Waals surface area contributed by atoms with Gasteiger partial charge in [-0.1, -0.05) is 43.3 Å². The van der Waals surface area contributed by atoms with E-state index in [1.54, 1.807) is 18.2 Å². The minimum atomic E-state index is -0.336. The molecular formula is C23H27N5O3. The molecule has 3 N–H and O–H groups in total. The zero-order chi connectivity index (χ0) is 22.2. The molecule has 8 heteroatoms.